The lowest BCUT2D eigenvalue weighted by molar-refractivity contribution is 1.15. The molecule has 8 heteroatoms. The van der Waals surface area contributed by atoms with Gasteiger partial charge in [-0.05, 0) is 46.9 Å². The van der Waals surface area contributed by atoms with E-state index in [4.69, 9.17) is 28.9 Å². The third kappa shape index (κ3) is 3.94. The van der Waals surface area contributed by atoms with Crippen LogP contribution in [0.4, 0.5) is 5.69 Å². The van der Waals surface area contributed by atoms with E-state index in [1.54, 1.807) is 0 Å². The molecule has 0 fully saturated rings. The topological polar surface area (TPSA) is 60.6 Å². The first-order chi connectivity index (χ1) is 13.5. The number of benzene rings is 1. The van der Waals surface area contributed by atoms with Gasteiger partial charge in [-0.25, -0.2) is 9.97 Å². The predicted octanol–water partition coefficient (Wildman–Crippen LogP) is 5.83. The summed E-state index contributed by atoms with van der Waals surface area (Å²) in [5.41, 5.74) is 10.3. The summed E-state index contributed by atoms with van der Waals surface area (Å²) in [6.07, 6.45) is 7.45. The van der Waals surface area contributed by atoms with Crippen LogP contribution in [0.25, 0.3) is 22.6 Å². The third-order valence-corrected chi connectivity index (χ3v) is 5.36. The number of nitrogens with two attached hydrogens (primary N) is 1. The van der Waals surface area contributed by atoms with Gasteiger partial charge in [0.1, 0.15) is 15.0 Å². The number of hydrogen-bond acceptors (Lipinski definition) is 3. The van der Waals surface area contributed by atoms with Crippen molar-refractivity contribution in [3.8, 4) is 11.3 Å². The van der Waals surface area contributed by atoms with Gasteiger partial charge in [-0.15, -0.1) is 0 Å². The molecule has 5 aromatic rings. The molecule has 4 aromatic heterocycles. The van der Waals surface area contributed by atoms with Gasteiger partial charge in [0, 0.05) is 45.8 Å². The molecular weight excluding hydrogens is 508 g/mol. The lowest BCUT2D eigenvalue weighted by atomic mass is 10.1. The summed E-state index contributed by atoms with van der Waals surface area (Å²) >= 11 is 13.9. The van der Waals surface area contributed by atoms with Crippen molar-refractivity contribution in [2.75, 3.05) is 5.73 Å². The van der Waals surface area contributed by atoms with Crippen molar-refractivity contribution in [2.45, 2.75) is 0 Å². The highest BCUT2D eigenvalue weighted by molar-refractivity contribution is 14.1. The number of halogens is 3. The molecule has 140 valence electrons. The highest BCUT2D eigenvalue weighted by Crippen LogP contribution is 2.23. The molecule has 1 aromatic carbocycles. The smallest absolute Gasteiger partial charge is 0.139 e. The maximum Gasteiger partial charge on any atom is 0.139 e. The van der Waals surface area contributed by atoms with Crippen LogP contribution in [0.3, 0.4) is 0 Å². The molecule has 5 nitrogen and oxygen atoms in total. The van der Waals surface area contributed by atoms with Gasteiger partial charge >= 0.3 is 0 Å². The molecular formula is C20H14Cl2IN5. The van der Waals surface area contributed by atoms with Crippen LogP contribution < -0.4 is 5.73 Å². The number of hydrogen-bond donors (Lipinski definition) is 1. The highest BCUT2D eigenvalue weighted by atomic mass is 127. The second kappa shape index (κ2) is 7.98. The molecule has 0 aliphatic rings. The van der Waals surface area contributed by atoms with Gasteiger partial charge in [0.05, 0.1) is 18.1 Å². The van der Waals surface area contributed by atoms with Crippen molar-refractivity contribution in [3.05, 3.63) is 87.1 Å². The minimum Gasteiger partial charge on any atom is -0.399 e. The quantitative estimate of drug-likeness (QED) is 0.223. The number of fused-ring (bicyclic) bond motifs is 2. The standard InChI is InChI=1S/C13H10ClN3.C7H4ClIN2/c14-10-4-5-17-12(8-16-13(17)7-10)9-2-1-3-11(15)6-9;8-5-1-2-11-6(9)4-10-7(11)3-5/h1-8H,15H2;1-4H. The molecule has 2 N–H and O–H groups in total. The Hall–Kier alpha value is -2.29. The van der Waals surface area contributed by atoms with E-state index in [2.05, 4.69) is 32.6 Å². The molecule has 0 saturated heterocycles. The number of nitrogens with zero attached hydrogens (tertiary/aromatic N) is 4. The van der Waals surface area contributed by atoms with Crippen LogP contribution in [0.2, 0.25) is 10.0 Å². The van der Waals surface area contributed by atoms with Crippen LogP contribution in [0.1, 0.15) is 0 Å². The Morgan fingerprint density at radius 3 is 2.18 bits per heavy atom. The second-order valence-electron chi connectivity index (χ2n) is 6.00. The zero-order valence-corrected chi connectivity index (χ0v) is 18.1. The van der Waals surface area contributed by atoms with Crippen molar-refractivity contribution in [2.24, 2.45) is 0 Å². The Morgan fingerprint density at radius 1 is 0.821 bits per heavy atom. The molecule has 0 aliphatic carbocycles. The fourth-order valence-corrected chi connectivity index (χ4v) is 3.65. The monoisotopic (exact) mass is 521 g/mol. The molecule has 28 heavy (non-hydrogen) atoms. The van der Waals surface area contributed by atoms with Crippen molar-refractivity contribution in [1.29, 1.82) is 0 Å². The van der Waals surface area contributed by atoms with Gasteiger partial charge in [0.25, 0.3) is 0 Å². The maximum atomic E-state index is 5.93. The normalized spacial score (nSPS) is 10.8. The van der Waals surface area contributed by atoms with Crippen LogP contribution in [-0.4, -0.2) is 18.8 Å². The van der Waals surface area contributed by atoms with Gasteiger partial charge in [-0.1, -0.05) is 35.3 Å². The minimum absolute atomic E-state index is 0.683. The second-order valence-corrected chi connectivity index (χ2v) is 7.97. The fourth-order valence-electron chi connectivity index (χ4n) is 2.79. The first-order valence-corrected chi connectivity index (χ1v) is 10.1. The number of anilines is 1. The van der Waals surface area contributed by atoms with Crippen molar-refractivity contribution >= 4 is 62.8 Å². The third-order valence-electron chi connectivity index (χ3n) is 4.09. The van der Waals surface area contributed by atoms with Crippen LogP contribution in [0.5, 0.6) is 0 Å². The summed E-state index contributed by atoms with van der Waals surface area (Å²) in [5.74, 6) is 0. The Balaban J connectivity index is 0.000000151. The van der Waals surface area contributed by atoms with Crippen LogP contribution in [0.15, 0.2) is 73.3 Å². The number of pyridine rings is 2. The first-order valence-electron chi connectivity index (χ1n) is 8.28. The highest BCUT2D eigenvalue weighted by Gasteiger charge is 2.06. The first kappa shape index (κ1) is 19.0. The molecule has 0 bridgehead atoms. The van der Waals surface area contributed by atoms with E-state index in [1.165, 1.54) is 0 Å². The van der Waals surface area contributed by atoms with Gasteiger partial charge in [-0.3, -0.25) is 8.80 Å². The van der Waals surface area contributed by atoms with E-state index < -0.39 is 0 Å². The summed E-state index contributed by atoms with van der Waals surface area (Å²) < 4.78 is 5.06. The Morgan fingerprint density at radius 2 is 1.46 bits per heavy atom. The summed E-state index contributed by atoms with van der Waals surface area (Å²) in [5, 5.41) is 1.40. The van der Waals surface area contributed by atoms with Crippen molar-refractivity contribution in [3.63, 3.8) is 0 Å². The molecule has 0 saturated carbocycles. The van der Waals surface area contributed by atoms with Gasteiger partial charge in [0.2, 0.25) is 0 Å². The van der Waals surface area contributed by atoms with E-state index >= 15 is 0 Å². The molecule has 5 rings (SSSR count). The molecule has 0 amide bonds. The number of aromatic nitrogens is 4. The SMILES string of the molecule is Clc1ccn2c(I)cnc2c1.Nc1cccc(-c2cnc3cc(Cl)ccn23)c1. The van der Waals surface area contributed by atoms with Crippen LogP contribution >= 0.6 is 45.8 Å². The van der Waals surface area contributed by atoms with E-state index in [9.17, 15) is 0 Å². The average Bonchev–Trinajstić information content (AvgIpc) is 3.25. The van der Waals surface area contributed by atoms with Crippen LogP contribution in [0, 0.1) is 3.70 Å². The van der Waals surface area contributed by atoms with E-state index in [1.807, 2.05) is 82.1 Å². The molecule has 0 aliphatic heterocycles. The summed E-state index contributed by atoms with van der Waals surface area (Å²) in [7, 11) is 0. The Labute approximate surface area is 184 Å². The van der Waals surface area contributed by atoms with E-state index in [0.717, 1.165) is 37.0 Å². The van der Waals surface area contributed by atoms with Crippen molar-refractivity contribution in [1.82, 2.24) is 18.8 Å². The molecule has 4 heterocycles. The maximum absolute atomic E-state index is 5.93. The summed E-state index contributed by atoms with van der Waals surface area (Å²) in [4.78, 5) is 8.47. The van der Waals surface area contributed by atoms with Gasteiger partial charge in [0.15, 0.2) is 0 Å². The Kier molecular flexibility index (Phi) is 5.43. The van der Waals surface area contributed by atoms with Crippen molar-refractivity contribution < 1.29 is 0 Å². The summed E-state index contributed by atoms with van der Waals surface area (Å²) in [6, 6.07) is 15.1. The number of nitrogen functional groups attached to an aromatic ring is 1. The molecule has 0 radical (unpaired) electrons. The average molecular weight is 522 g/mol. The van der Waals surface area contributed by atoms with E-state index in [0.29, 0.717) is 5.02 Å². The zero-order chi connectivity index (χ0) is 19.7. The van der Waals surface area contributed by atoms with Gasteiger partial charge < -0.3 is 5.73 Å². The number of imidazole rings is 2. The zero-order valence-electron chi connectivity index (χ0n) is 14.4. The number of rotatable bonds is 1. The Bertz CT molecular complexity index is 1280. The van der Waals surface area contributed by atoms with E-state index in [-0.39, 0.29) is 0 Å². The largest absolute Gasteiger partial charge is 0.399 e. The molecule has 0 unspecified atom stereocenters. The molecule has 0 spiro atoms. The molecule has 0 atom stereocenters. The fraction of sp³-hybridized carbons (Fsp3) is 0. The predicted molar refractivity (Wildman–Crippen MR) is 123 cm³/mol. The minimum atomic E-state index is 0.683. The van der Waals surface area contributed by atoms with Gasteiger partial charge in [-0.2, -0.15) is 0 Å². The summed E-state index contributed by atoms with van der Waals surface area (Å²) in [6.45, 7) is 0. The van der Waals surface area contributed by atoms with Crippen LogP contribution in [-0.2, 0) is 0 Å². The lowest BCUT2D eigenvalue weighted by Gasteiger charge is -2.03. The lowest BCUT2D eigenvalue weighted by Crippen LogP contribution is -1.89.